The number of H-pyrrole nitrogens is 1. The number of aromatic amines is 1. The highest BCUT2D eigenvalue weighted by Gasteiger charge is 2.16. The third-order valence-electron chi connectivity index (χ3n) is 4.05. The number of carbonyl (C=O) groups excluding carboxylic acids is 2. The number of ether oxygens (including phenoxy) is 1. The summed E-state index contributed by atoms with van der Waals surface area (Å²) in [6.07, 6.45) is 1.65. The number of ketones is 1. The maximum Gasteiger partial charge on any atom is 0.338 e. The Balaban J connectivity index is 1.74. The fourth-order valence-electron chi connectivity index (χ4n) is 2.56. The third-order valence-corrected chi connectivity index (χ3v) is 4.05. The van der Waals surface area contributed by atoms with Crippen molar-refractivity contribution >= 4 is 22.7 Å². The molecule has 0 aliphatic heterocycles. The van der Waals surface area contributed by atoms with Gasteiger partial charge in [-0.25, -0.2) is 4.79 Å². The molecular weight excluding hydrogens is 290 g/mol. The molecule has 0 radical (unpaired) electrons. The molecule has 0 saturated heterocycles. The Morgan fingerprint density at radius 1 is 1.00 bits per heavy atom. The van der Waals surface area contributed by atoms with E-state index in [2.05, 4.69) is 4.98 Å². The Bertz CT molecular complexity index is 893. The van der Waals surface area contributed by atoms with Gasteiger partial charge in [0, 0.05) is 22.7 Å². The zero-order chi connectivity index (χ0) is 16.4. The fourth-order valence-corrected chi connectivity index (χ4v) is 2.56. The number of Topliss-reactive ketones (excluding diaryl/α,β-unsaturated/α-hetero) is 1. The largest absolute Gasteiger partial charge is 0.454 e. The van der Waals surface area contributed by atoms with Crippen molar-refractivity contribution in [2.45, 2.75) is 13.8 Å². The molecule has 0 amide bonds. The van der Waals surface area contributed by atoms with E-state index in [0.717, 1.165) is 22.0 Å². The first-order chi connectivity index (χ1) is 11.1. The molecule has 1 heterocycles. The number of aryl methyl sites for hydroxylation is 1. The molecule has 0 bridgehead atoms. The van der Waals surface area contributed by atoms with Crippen molar-refractivity contribution in [1.82, 2.24) is 4.98 Å². The summed E-state index contributed by atoms with van der Waals surface area (Å²) in [6.45, 7) is 3.53. The maximum atomic E-state index is 12.3. The van der Waals surface area contributed by atoms with E-state index in [1.54, 1.807) is 18.3 Å². The van der Waals surface area contributed by atoms with Crippen LogP contribution < -0.4 is 0 Å². The Labute approximate surface area is 134 Å². The minimum Gasteiger partial charge on any atom is -0.454 e. The zero-order valence-electron chi connectivity index (χ0n) is 13.1. The zero-order valence-corrected chi connectivity index (χ0v) is 13.1. The maximum absolute atomic E-state index is 12.3. The number of hydrogen-bond acceptors (Lipinski definition) is 3. The second-order valence-electron chi connectivity index (χ2n) is 5.49. The van der Waals surface area contributed by atoms with Crippen LogP contribution in [0.4, 0.5) is 0 Å². The average Bonchev–Trinajstić information content (AvgIpc) is 2.99. The Kier molecular flexibility index (Phi) is 3.98. The monoisotopic (exact) mass is 307 g/mol. The molecule has 1 aromatic heterocycles. The fraction of sp³-hybridized carbons (Fsp3) is 0.158. The topological polar surface area (TPSA) is 59.2 Å². The van der Waals surface area contributed by atoms with Gasteiger partial charge in [-0.3, -0.25) is 4.79 Å². The van der Waals surface area contributed by atoms with Gasteiger partial charge in [-0.2, -0.15) is 0 Å². The molecule has 3 rings (SSSR count). The quantitative estimate of drug-likeness (QED) is 0.589. The van der Waals surface area contributed by atoms with Crippen LogP contribution in [0.5, 0.6) is 0 Å². The predicted octanol–water partition coefficient (Wildman–Crippen LogP) is 3.82. The van der Waals surface area contributed by atoms with Crippen LogP contribution >= 0.6 is 0 Å². The van der Waals surface area contributed by atoms with Crippen molar-refractivity contribution in [3.63, 3.8) is 0 Å². The Hall–Kier alpha value is -2.88. The van der Waals surface area contributed by atoms with Crippen molar-refractivity contribution < 1.29 is 14.3 Å². The SMILES string of the molecule is Cc1cccc(C(=O)OCC(=O)c2c[nH]c3ccccc23)c1C. The van der Waals surface area contributed by atoms with Crippen molar-refractivity contribution in [2.75, 3.05) is 6.61 Å². The molecule has 116 valence electrons. The van der Waals surface area contributed by atoms with Gasteiger partial charge in [-0.15, -0.1) is 0 Å². The lowest BCUT2D eigenvalue weighted by molar-refractivity contribution is 0.0474. The molecule has 4 heteroatoms. The number of nitrogens with one attached hydrogen (secondary N) is 1. The van der Waals surface area contributed by atoms with Crippen LogP contribution in [0.25, 0.3) is 10.9 Å². The number of carbonyl (C=O) groups is 2. The van der Waals surface area contributed by atoms with E-state index in [4.69, 9.17) is 4.74 Å². The van der Waals surface area contributed by atoms with E-state index >= 15 is 0 Å². The minimum atomic E-state index is -0.473. The van der Waals surface area contributed by atoms with Crippen molar-refractivity contribution in [2.24, 2.45) is 0 Å². The molecule has 23 heavy (non-hydrogen) atoms. The number of hydrogen-bond donors (Lipinski definition) is 1. The number of benzene rings is 2. The van der Waals surface area contributed by atoms with Gasteiger partial charge in [-0.05, 0) is 37.1 Å². The van der Waals surface area contributed by atoms with Crippen molar-refractivity contribution in [3.05, 3.63) is 70.9 Å². The predicted molar refractivity (Wildman–Crippen MR) is 88.8 cm³/mol. The molecule has 0 aliphatic carbocycles. The molecule has 3 aromatic rings. The normalized spacial score (nSPS) is 10.7. The number of rotatable bonds is 4. The van der Waals surface area contributed by atoms with Crippen molar-refractivity contribution in [1.29, 1.82) is 0 Å². The van der Waals surface area contributed by atoms with E-state index in [0.29, 0.717) is 11.1 Å². The van der Waals surface area contributed by atoms with Gasteiger partial charge >= 0.3 is 5.97 Å². The number of fused-ring (bicyclic) bond motifs is 1. The number of aromatic nitrogens is 1. The Morgan fingerprint density at radius 2 is 1.78 bits per heavy atom. The summed E-state index contributed by atoms with van der Waals surface area (Å²) in [6, 6.07) is 13.0. The smallest absolute Gasteiger partial charge is 0.338 e. The van der Waals surface area contributed by atoms with Crippen LogP contribution in [0.15, 0.2) is 48.7 Å². The summed E-state index contributed by atoms with van der Waals surface area (Å²) in [5, 5.41) is 0.834. The highest BCUT2D eigenvalue weighted by atomic mass is 16.5. The van der Waals surface area contributed by atoms with E-state index in [1.165, 1.54) is 0 Å². The van der Waals surface area contributed by atoms with Crippen LogP contribution in [0.1, 0.15) is 31.8 Å². The summed E-state index contributed by atoms with van der Waals surface area (Å²) in [4.78, 5) is 27.5. The lowest BCUT2D eigenvalue weighted by atomic mass is 10.0. The van der Waals surface area contributed by atoms with E-state index in [1.807, 2.05) is 44.2 Å². The Morgan fingerprint density at radius 3 is 2.61 bits per heavy atom. The first-order valence-corrected chi connectivity index (χ1v) is 7.40. The van der Waals surface area contributed by atoms with Gasteiger partial charge in [0.15, 0.2) is 6.61 Å². The third kappa shape index (κ3) is 2.88. The van der Waals surface area contributed by atoms with Crippen LogP contribution in [0.3, 0.4) is 0 Å². The molecule has 0 spiro atoms. The van der Waals surface area contributed by atoms with Gasteiger partial charge in [0.1, 0.15) is 0 Å². The number of para-hydroxylation sites is 1. The first-order valence-electron chi connectivity index (χ1n) is 7.40. The molecule has 4 nitrogen and oxygen atoms in total. The van der Waals surface area contributed by atoms with E-state index in [-0.39, 0.29) is 12.4 Å². The van der Waals surface area contributed by atoms with Crippen LogP contribution in [-0.2, 0) is 4.74 Å². The van der Waals surface area contributed by atoms with Crippen LogP contribution in [0, 0.1) is 13.8 Å². The van der Waals surface area contributed by atoms with E-state index < -0.39 is 5.97 Å². The van der Waals surface area contributed by atoms with Gasteiger partial charge in [-0.1, -0.05) is 30.3 Å². The molecule has 0 saturated carbocycles. The number of esters is 1. The molecule has 2 aromatic carbocycles. The lowest BCUT2D eigenvalue weighted by Gasteiger charge is -2.08. The molecular formula is C19H17NO3. The van der Waals surface area contributed by atoms with Crippen LogP contribution in [0.2, 0.25) is 0 Å². The minimum absolute atomic E-state index is 0.221. The summed E-state index contributed by atoms with van der Waals surface area (Å²) in [5.41, 5.74) is 3.81. The van der Waals surface area contributed by atoms with Crippen molar-refractivity contribution in [3.8, 4) is 0 Å². The molecule has 0 fully saturated rings. The lowest BCUT2D eigenvalue weighted by Crippen LogP contribution is -2.15. The van der Waals surface area contributed by atoms with Crippen LogP contribution in [-0.4, -0.2) is 23.3 Å². The van der Waals surface area contributed by atoms with Gasteiger partial charge < -0.3 is 9.72 Å². The summed E-state index contributed by atoms with van der Waals surface area (Å²) >= 11 is 0. The second kappa shape index (κ2) is 6.08. The highest BCUT2D eigenvalue weighted by molar-refractivity contribution is 6.09. The summed E-state index contributed by atoms with van der Waals surface area (Å²) < 4.78 is 5.20. The molecule has 0 atom stereocenters. The summed E-state index contributed by atoms with van der Waals surface area (Å²) in [7, 11) is 0. The second-order valence-corrected chi connectivity index (χ2v) is 5.49. The van der Waals surface area contributed by atoms with Gasteiger partial charge in [0.05, 0.1) is 5.56 Å². The van der Waals surface area contributed by atoms with E-state index in [9.17, 15) is 9.59 Å². The highest BCUT2D eigenvalue weighted by Crippen LogP contribution is 2.19. The van der Waals surface area contributed by atoms with Gasteiger partial charge in [0.25, 0.3) is 0 Å². The standard InChI is InChI=1S/C19H17NO3/c1-12-6-5-8-14(13(12)2)19(22)23-11-18(21)16-10-20-17-9-4-3-7-15(16)17/h3-10,20H,11H2,1-2H3. The first kappa shape index (κ1) is 15.0. The van der Waals surface area contributed by atoms with Gasteiger partial charge in [0.2, 0.25) is 5.78 Å². The summed E-state index contributed by atoms with van der Waals surface area (Å²) in [5.74, 6) is -0.694. The molecule has 0 unspecified atom stereocenters. The molecule has 0 aliphatic rings. The molecule has 1 N–H and O–H groups in total. The average molecular weight is 307 g/mol.